The number of nitrogens with zero attached hydrogens (tertiary/aromatic N) is 6. The monoisotopic (exact) mass is 760 g/mol. The average molecular weight is 761 g/mol. The smallest absolute Gasteiger partial charge is 0.262 e. The van der Waals surface area contributed by atoms with E-state index >= 15 is 0 Å². The van der Waals surface area contributed by atoms with Gasteiger partial charge in [-0.3, -0.25) is 18.7 Å². The molecular formula is C45H41ClN8O2. The van der Waals surface area contributed by atoms with E-state index in [-0.39, 0.29) is 11.8 Å². The Labute approximate surface area is 329 Å². The molecule has 0 spiro atoms. The van der Waals surface area contributed by atoms with Gasteiger partial charge in [-0.15, -0.1) is 0 Å². The molecule has 4 aromatic heterocycles. The van der Waals surface area contributed by atoms with E-state index in [0.717, 1.165) is 113 Å². The summed E-state index contributed by atoms with van der Waals surface area (Å²) in [6, 6.07) is 34.9. The van der Waals surface area contributed by atoms with Crippen molar-refractivity contribution in [2.75, 3.05) is 62.2 Å². The number of aromatic nitrogens is 4. The molecular weight excluding hydrogens is 720 g/mol. The Morgan fingerprint density at radius 3 is 1.50 bits per heavy atom. The van der Waals surface area contributed by atoms with Crippen LogP contribution in [0.5, 0.6) is 0 Å². The highest BCUT2D eigenvalue weighted by atomic mass is 35.5. The molecule has 0 amide bonds. The van der Waals surface area contributed by atoms with Crippen LogP contribution in [0, 0.1) is 6.92 Å². The van der Waals surface area contributed by atoms with Crippen LogP contribution in [0.25, 0.3) is 43.6 Å². The predicted molar refractivity (Wildman–Crippen MR) is 227 cm³/mol. The summed E-state index contributed by atoms with van der Waals surface area (Å²) >= 11 is 6.11. The molecule has 0 unspecified atom stereocenters. The molecule has 0 radical (unpaired) electrons. The number of pyridine rings is 2. The summed E-state index contributed by atoms with van der Waals surface area (Å²) in [6.45, 7) is 9.37. The first-order valence-electron chi connectivity index (χ1n) is 19.1. The van der Waals surface area contributed by atoms with Crippen LogP contribution < -0.4 is 20.4 Å². The first kappa shape index (κ1) is 35.6. The Kier molecular flexibility index (Phi) is 9.68. The van der Waals surface area contributed by atoms with Crippen molar-refractivity contribution >= 4 is 78.7 Å². The Hall–Kier alpha value is -6.07. The van der Waals surface area contributed by atoms with Gasteiger partial charge in [0.2, 0.25) is 0 Å². The van der Waals surface area contributed by atoms with Crippen LogP contribution in [0.2, 0.25) is 5.02 Å². The van der Waals surface area contributed by atoms with Gasteiger partial charge in [0.25, 0.3) is 11.8 Å². The SMILES string of the molecule is Cc1cccc(C(=O)n2ccc3c(N4CCNCC4)nc4ccccc4c32)c1.O=C(c1cccc(Cl)c1)n1ccc2c(N3CCNCC3)nc3ccccc3c21. The van der Waals surface area contributed by atoms with Gasteiger partial charge in [0.1, 0.15) is 11.6 Å². The van der Waals surface area contributed by atoms with Crippen molar-refractivity contribution in [1.82, 2.24) is 29.7 Å². The maximum atomic E-state index is 13.3. The highest BCUT2D eigenvalue weighted by Gasteiger charge is 2.23. The topological polar surface area (TPSA) is 100 Å². The maximum Gasteiger partial charge on any atom is 0.262 e. The summed E-state index contributed by atoms with van der Waals surface area (Å²) in [5.74, 6) is 1.79. The van der Waals surface area contributed by atoms with Crippen molar-refractivity contribution in [3.05, 3.63) is 143 Å². The Morgan fingerprint density at radius 2 is 1.02 bits per heavy atom. The fourth-order valence-corrected chi connectivity index (χ4v) is 8.11. The van der Waals surface area contributed by atoms with Gasteiger partial charge in [-0.1, -0.05) is 71.8 Å². The van der Waals surface area contributed by atoms with Crippen molar-refractivity contribution in [2.24, 2.45) is 0 Å². The zero-order valence-electron chi connectivity index (χ0n) is 31.1. The summed E-state index contributed by atoms with van der Waals surface area (Å²) in [5, 5.41) is 11.3. The molecule has 0 bridgehead atoms. The molecule has 0 aliphatic carbocycles. The second-order valence-corrected chi connectivity index (χ2v) is 14.7. The molecule has 2 aliphatic rings. The van der Waals surface area contributed by atoms with Gasteiger partial charge in [0.05, 0.1) is 22.1 Å². The first-order valence-corrected chi connectivity index (χ1v) is 19.4. The van der Waals surface area contributed by atoms with Gasteiger partial charge in [0, 0.05) is 102 Å². The minimum Gasteiger partial charge on any atom is -0.353 e. The highest BCUT2D eigenvalue weighted by Crippen LogP contribution is 2.35. The van der Waals surface area contributed by atoms with E-state index in [1.165, 1.54) is 0 Å². The van der Waals surface area contributed by atoms with Gasteiger partial charge >= 0.3 is 0 Å². The number of piperazine rings is 2. The first-order chi connectivity index (χ1) is 27.4. The van der Waals surface area contributed by atoms with E-state index < -0.39 is 0 Å². The van der Waals surface area contributed by atoms with Crippen LogP contribution >= 0.6 is 11.6 Å². The van der Waals surface area contributed by atoms with E-state index in [1.807, 2.05) is 104 Å². The quantitative estimate of drug-likeness (QED) is 0.190. The zero-order chi connectivity index (χ0) is 38.2. The van der Waals surface area contributed by atoms with E-state index in [2.05, 4.69) is 20.4 Å². The number of aryl methyl sites for hydroxylation is 1. The van der Waals surface area contributed by atoms with Gasteiger partial charge in [-0.2, -0.15) is 0 Å². The fraction of sp³-hybridized carbons (Fsp3) is 0.200. The third-order valence-corrected chi connectivity index (χ3v) is 10.9. The second-order valence-electron chi connectivity index (χ2n) is 14.3. The molecule has 10 nitrogen and oxygen atoms in total. The number of benzene rings is 4. The number of anilines is 2. The molecule has 8 aromatic rings. The van der Waals surface area contributed by atoms with Gasteiger partial charge < -0.3 is 20.4 Å². The van der Waals surface area contributed by atoms with Gasteiger partial charge in [0.15, 0.2) is 0 Å². The van der Waals surface area contributed by atoms with E-state index in [9.17, 15) is 9.59 Å². The molecule has 11 heteroatoms. The molecule has 10 rings (SSSR count). The standard InChI is InChI=1S/C23H22N4O.C22H19ClN4O/c1-16-5-4-6-17(15-16)23(28)27-12-9-19-21(27)18-7-2-3-8-20(18)25-22(19)26-13-10-24-11-14-26;23-16-5-3-4-15(14-16)22(28)27-11-8-18-20(27)17-6-1-2-7-19(17)25-21(18)26-12-9-24-10-13-26/h2-9,12,15,24H,10-11,13-14H2,1H3;1-8,11,14,24H,9-10,12-13H2. The average Bonchev–Trinajstić information content (AvgIpc) is 3.90. The lowest BCUT2D eigenvalue weighted by atomic mass is 10.1. The number of para-hydroxylation sites is 2. The molecule has 2 N–H and O–H groups in total. The van der Waals surface area contributed by atoms with E-state index in [4.69, 9.17) is 21.6 Å². The number of hydrogen-bond acceptors (Lipinski definition) is 8. The van der Waals surface area contributed by atoms with Crippen LogP contribution in [0.1, 0.15) is 26.3 Å². The van der Waals surface area contributed by atoms with Crippen LogP contribution in [-0.2, 0) is 0 Å². The lowest BCUT2D eigenvalue weighted by Gasteiger charge is -2.29. The maximum absolute atomic E-state index is 13.3. The summed E-state index contributed by atoms with van der Waals surface area (Å²) in [6.07, 6.45) is 3.73. The number of halogens is 1. The van der Waals surface area contributed by atoms with Crippen molar-refractivity contribution < 1.29 is 9.59 Å². The molecule has 0 saturated carbocycles. The number of hydrogen-bond donors (Lipinski definition) is 2. The molecule has 2 aliphatic heterocycles. The molecule has 2 fully saturated rings. The molecule has 56 heavy (non-hydrogen) atoms. The normalized spacial score (nSPS) is 14.7. The zero-order valence-corrected chi connectivity index (χ0v) is 31.8. The molecule has 4 aromatic carbocycles. The number of carbonyl (C=O) groups excluding carboxylic acids is 2. The molecule has 280 valence electrons. The summed E-state index contributed by atoms with van der Waals surface area (Å²) in [5.41, 5.74) is 5.98. The summed E-state index contributed by atoms with van der Waals surface area (Å²) < 4.78 is 3.50. The number of rotatable bonds is 4. The largest absolute Gasteiger partial charge is 0.353 e. The van der Waals surface area contributed by atoms with E-state index in [1.54, 1.807) is 33.4 Å². The van der Waals surface area contributed by atoms with E-state index in [0.29, 0.717) is 16.1 Å². The summed E-state index contributed by atoms with van der Waals surface area (Å²) in [4.78, 5) is 41.1. The van der Waals surface area contributed by atoms with Crippen LogP contribution in [0.15, 0.2) is 122 Å². The fourth-order valence-electron chi connectivity index (χ4n) is 7.92. The third-order valence-electron chi connectivity index (χ3n) is 10.6. The molecule has 0 atom stereocenters. The van der Waals surface area contributed by atoms with Crippen molar-refractivity contribution in [1.29, 1.82) is 0 Å². The predicted octanol–water partition coefficient (Wildman–Crippen LogP) is 7.54. The highest BCUT2D eigenvalue weighted by molar-refractivity contribution is 6.31. The van der Waals surface area contributed by atoms with Crippen molar-refractivity contribution in [3.63, 3.8) is 0 Å². The third kappa shape index (κ3) is 6.66. The van der Waals surface area contributed by atoms with Crippen molar-refractivity contribution in [2.45, 2.75) is 6.92 Å². The van der Waals surface area contributed by atoms with Gasteiger partial charge in [-0.25, -0.2) is 9.97 Å². The lowest BCUT2D eigenvalue weighted by molar-refractivity contribution is 0.0957. The van der Waals surface area contributed by atoms with Crippen LogP contribution in [-0.4, -0.2) is 83.3 Å². The molecule has 6 heterocycles. The minimum absolute atomic E-state index is 0.0127. The Morgan fingerprint density at radius 1 is 0.554 bits per heavy atom. The van der Waals surface area contributed by atoms with Crippen LogP contribution in [0.4, 0.5) is 11.6 Å². The van der Waals surface area contributed by atoms with Crippen molar-refractivity contribution in [3.8, 4) is 0 Å². The Balaban J connectivity index is 0.000000146. The Bertz CT molecular complexity index is 2570. The summed E-state index contributed by atoms with van der Waals surface area (Å²) in [7, 11) is 0. The number of fused-ring (bicyclic) bond motifs is 6. The lowest BCUT2D eigenvalue weighted by Crippen LogP contribution is -2.44. The number of nitrogens with one attached hydrogen (secondary N) is 2. The van der Waals surface area contributed by atoms with Gasteiger partial charge in [-0.05, 0) is 61.5 Å². The molecule has 2 saturated heterocycles. The number of carbonyl (C=O) groups is 2. The van der Waals surface area contributed by atoms with Crippen LogP contribution in [0.3, 0.4) is 0 Å². The second kappa shape index (κ2) is 15.2. The minimum atomic E-state index is -0.0971.